The summed E-state index contributed by atoms with van der Waals surface area (Å²) < 4.78 is 5.42. The van der Waals surface area contributed by atoms with Gasteiger partial charge in [-0.15, -0.1) is 0 Å². The molecule has 1 aromatic carbocycles. The van der Waals surface area contributed by atoms with Gasteiger partial charge in [-0.2, -0.15) is 0 Å². The van der Waals surface area contributed by atoms with Crippen LogP contribution in [0.3, 0.4) is 0 Å². The molecule has 6 nitrogen and oxygen atoms in total. The minimum absolute atomic E-state index is 0.179. The molecule has 0 saturated carbocycles. The van der Waals surface area contributed by atoms with Crippen LogP contribution < -0.4 is 0 Å². The van der Waals surface area contributed by atoms with Gasteiger partial charge in [0.15, 0.2) is 0 Å². The molecule has 1 aromatic heterocycles. The van der Waals surface area contributed by atoms with E-state index in [9.17, 15) is 10.2 Å². The van der Waals surface area contributed by atoms with Gasteiger partial charge in [0, 0.05) is 6.54 Å². The van der Waals surface area contributed by atoms with Crippen LogP contribution in [0.15, 0.2) is 24.5 Å². The number of hydrogen-bond donors (Lipinski definition) is 3. The van der Waals surface area contributed by atoms with E-state index in [0.29, 0.717) is 13.2 Å². The maximum atomic E-state index is 10.3. The van der Waals surface area contributed by atoms with Crippen LogP contribution in [0.25, 0.3) is 11.0 Å². The second-order valence-electron chi connectivity index (χ2n) is 5.89. The van der Waals surface area contributed by atoms with Crippen LogP contribution in [0.1, 0.15) is 18.9 Å². The third-order valence-electron chi connectivity index (χ3n) is 4.22. The third kappa shape index (κ3) is 3.15. The second kappa shape index (κ2) is 6.75. The molecule has 22 heavy (non-hydrogen) atoms. The molecule has 6 heteroatoms. The number of hydrogen-bond acceptors (Lipinski definition) is 5. The van der Waals surface area contributed by atoms with Crippen LogP contribution in [0, 0.1) is 0 Å². The standard InChI is InChI=1S/C16H23N3O3/c1-2-5-19(14-8-22-9-15(20)16(14)21)7-11-3-4-12-13(6-11)18-10-17-12/h3-4,6,10,14-16,20-21H,2,5,7-9H2,1H3,(H,17,18)/t14-,15-,16+/m1/s1. The van der Waals surface area contributed by atoms with E-state index in [4.69, 9.17) is 4.74 Å². The third-order valence-corrected chi connectivity index (χ3v) is 4.22. The zero-order valence-electron chi connectivity index (χ0n) is 12.8. The smallest absolute Gasteiger partial charge is 0.105 e. The molecule has 0 radical (unpaired) electrons. The number of nitrogens with one attached hydrogen (secondary N) is 1. The highest BCUT2D eigenvalue weighted by atomic mass is 16.5. The lowest BCUT2D eigenvalue weighted by atomic mass is 10.0. The maximum absolute atomic E-state index is 10.3. The lowest BCUT2D eigenvalue weighted by Crippen LogP contribution is -2.55. The number of rotatable bonds is 5. The second-order valence-corrected chi connectivity index (χ2v) is 5.89. The Morgan fingerprint density at radius 3 is 3.05 bits per heavy atom. The lowest BCUT2D eigenvalue weighted by Gasteiger charge is -2.39. The van der Waals surface area contributed by atoms with Crippen molar-refractivity contribution in [3.63, 3.8) is 0 Å². The quantitative estimate of drug-likeness (QED) is 0.764. The van der Waals surface area contributed by atoms with Crippen molar-refractivity contribution >= 4 is 11.0 Å². The molecule has 1 fully saturated rings. The van der Waals surface area contributed by atoms with Crippen molar-refractivity contribution < 1.29 is 14.9 Å². The normalized spacial score (nSPS) is 25.9. The van der Waals surface area contributed by atoms with Gasteiger partial charge in [-0.25, -0.2) is 4.98 Å². The predicted octanol–water partition coefficient (Wildman–Crippen LogP) is 0.895. The van der Waals surface area contributed by atoms with E-state index in [0.717, 1.165) is 29.6 Å². The Morgan fingerprint density at radius 2 is 2.23 bits per heavy atom. The largest absolute Gasteiger partial charge is 0.389 e. The molecular formula is C16H23N3O3. The Bertz CT molecular complexity index is 615. The minimum atomic E-state index is -0.812. The number of aliphatic hydroxyl groups excluding tert-OH is 2. The zero-order chi connectivity index (χ0) is 15.5. The Hall–Kier alpha value is -1.47. The van der Waals surface area contributed by atoms with Crippen LogP contribution >= 0.6 is 0 Å². The lowest BCUT2D eigenvalue weighted by molar-refractivity contribution is -0.134. The molecule has 1 aliphatic heterocycles. The molecule has 1 saturated heterocycles. The van der Waals surface area contributed by atoms with Gasteiger partial charge in [0.05, 0.1) is 42.7 Å². The Morgan fingerprint density at radius 1 is 1.36 bits per heavy atom. The molecule has 0 aliphatic carbocycles. The zero-order valence-corrected chi connectivity index (χ0v) is 12.8. The van der Waals surface area contributed by atoms with Crippen molar-refractivity contribution in [2.45, 2.75) is 38.1 Å². The summed E-state index contributed by atoms with van der Waals surface area (Å²) in [6.45, 7) is 4.32. The van der Waals surface area contributed by atoms with Gasteiger partial charge < -0.3 is 19.9 Å². The Kier molecular flexibility index (Phi) is 4.73. The average molecular weight is 305 g/mol. The first-order valence-corrected chi connectivity index (χ1v) is 7.79. The summed E-state index contributed by atoms with van der Waals surface area (Å²) in [6, 6.07) is 5.95. The first kappa shape index (κ1) is 15.4. The van der Waals surface area contributed by atoms with Crippen LogP contribution in [-0.4, -0.2) is 63.1 Å². The van der Waals surface area contributed by atoms with E-state index in [-0.39, 0.29) is 12.6 Å². The van der Waals surface area contributed by atoms with Gasteiger partial charge in [-0.1, -0.05) is 13.0 Å². The number of fused-ring (bicyclic) bond motifs is 1. The van der Waals surface area contributed by atoms with E-state index in [1.54, 1.807) is 6.33 Å². The SMILES string of the molecule is CCCN(Cc1ccc2nc[nH]c2c1)[C@@H]1COC[C@@H](O)[C@H]1O. The molecule has 0 unspecified atom stereocenters. The highest BCUT2D eigenvalue weighted by Gasteiger charge is 2.35. The summed E-state index contributed by atoms with van der Waals surface area (Å²) in [5.41, 5.74) is 3.11. The molecule has 0 spiro atoms. The molecule has 2 aromatic rings. The molecule has 2 heterocycles. The topological polar surface area (TPSA) is 81.6 Å². The van der Waals surface area contributed by atoms with E-state index >= 15 is 0 Å². The van der Waals surface area contributed by atoms with E-state index in [1.165, 1.54) is 0 Å². The first-order valence-electron chi connectivity index (χ1n) is 7.79. The van der Waals surface area contributed by atoms with Gasteiger partial charge in [0.2, 0.25) is 0 Å². The summed E-state index contributed by atoms with van der Waals surface area (Å²) in [4.78, 5) is 9.53. The summed E-state index contributed by atoms with van der Waals surface area (Å²) in [5.74, 6) is 0. The fraction of sp³-hybridized carbons (Fsp3) is 0.562. The number of benzene rings is 1. The van der Waals surface area contributed by atoms with Crippen molar-refractivity contribution in [2.75, 3.05) is 19.8 Å². The van der Waals surface area contributed by atoms with Crippen LogP contribution in [0.5, 0.6) is 0 Å². The molecule has 0 bridgehead atoms. The first-order chi connectivity index (χ1) is 10.7. The van der Waals surface area contributed by atoms with Crippen molar-refractivity contribution in [1.29, 1.82) is 0 Å². The van der Waals surface area contributed by atoms with E-state index in [1.807, 2.05) is 6.07 Å². The molecule has 0 amide bonds. The fourth-order valence-electron chi connectivity index (χ4n) is 3.05. The summed E-state index contributed by atoms with van der Waals surface area (Å²) in [6.07, 6.45) is 1.09. The number of H-pyrrole nitrogens is 1. The fourth-order valence-corrected chi connectivity index (χ4v) is 3.05. The minimum Gasteiger partial charge on any atom is -0.389 e. The van der Waals surface area contributed by atoms with Gasteiger partial charge in [-0.3, -0.25) is 4.90 Å². The van der Waals surface area contributed by atoms with Crippen molar-refractivity contribution in [1.82, 2.24) is 14.9 Å². The molecule has 3 N–H and O–H groups in total. The maximum Gasteiger partial charge on any atom is 0.105 e. The predicted molar refractivity (Wildman–Crippen MR) is 83.4 cm³/mol. The number of aliphatic hydroxyl groups is 2. The molecule has 1 aliphatic rings. The Balaban J connectivity index is 1.78. The van der Waals surface area contributed by atoms with Crippen molar-refractivity contribution in [2.24, 2.45) is 0 Å². The number of aromatic nitrogens is 2. The van der Waals surface area contributed by atoms with Crippen LogP contribution in [0.4, 0.5) is 0 Å². The van der Waals surface area contributed by atoms with Gasteiger partial charge in [-0.05, 0) is 30.7 Å². The highest BCUT2D eigenvalue weighted by Crippen LogP contribution is 2.20. The molecule has 120 valence electrons. The van der Waals surface area contributed by atoms with Gasteiger partial charge in [0.25, 0.3) is 0 Å². The summed E-state index contributed by atoms with van der Waals surface area (Å²) >= 11 is 0. The Labute approximate surface area is 129 Å². The van der Waals surface area contributed by atoms with E-state index < -0.39 is 12.2 Å². The molecular weight excluding hydrogens is 282 g/mol. The highest BCUT2D eigenvalue weighted by molar-refractivity contribution is 5.74. The monoisotopic (exact) mass is 305 g/mol. The average Bonchev–Trinajstić information content (AvgIpc) is 2.97. The van der Waals surface area contributed by atoms with Gasteiger partial charge in [0.1, 0.15) is 6.10 Å². The summed E-state index contributed by atoms with van der Waals surface area (Å²) in [7, 11) is 0. The van der Waals surface area contributed by atoms with Crippen LogP contribution in [-0.2, 0) is 11.3 Å². The van der Waals surface area contributed by atoms with E-state index in [2.05, 4.69) is 33.9 Å². The van der Waals surface area contributed by atoms with Crippen LogP contribution in [0.2, 0.25) is 0 Å². The number of aromatic amines is 1. The number of nitrogens with zero attached hydrogens (tertiary/aromatic N) is 2. The molecule has 3 atom stereocenters. The number of imidazole rings is 1. The molecule has 3 rings (SSSR count). The van der Waals surface area contributed by atoms with Crippen molar-refractivity contribution in [3.8, 4) is 0 Å². The van der Waals surface area contributed by atoms with Crippen molar-refractivity contribution in [3.05, 3.63) is 30.1 Å². The van der Waals surface area contributed by atoms with Gasteiger partial charge >= 0.3 is 0 Å². The number of ether oxygens (including phenoxy) is 1. The summed E-state index contributed by atoms with van der Waals surface area (Å²) in [5, 5.41) is 20.1.